The molecule has 0 aromatic carbocycles. The van der Waals surface area contributed by atoms with Crippen LogP contribution in [0.15, 0.2) is 43.3 Å². The average Bonchev–Trinajstić information content (AvgIpc) is 3.54. The highest BCUT2D eigenvalue weighted by Gasteiger charge is 2.54. The molecule has 2 aliphatic heterocycles. The van der Waals surface area contributed by atoms with Crippen LogP contribution in [0, 0.1) is 0 Å². The smallest absolute Gasteiger partial charge is 0.355 e. The molecule has 1 fully saturated rings. The molecule has 2 amide bonds. The average molecular weight is 588 g/mol. The van der Waals surface area contributed by atoms with Gasteiger partial charge in [0.1, 0.15) is 42.0 Å². The zero-order valence-electron chi connectivity index (χ0n) is 18.5. The lowest BCUT2D eigenvalue weighted by atomic mass is 10.0. The summed E-state index contributed by atoms with van der Waals surface area (Å²) in [4.78, 5) is 49.2. The van der Waals surface area contributed by atoms with Gasteiger partial charge in [-0.2, -0.15) is 0 Å². The molecule has 3 N–H and O–H groups in total. The number of fused-ring (bicyclic) bond motifs is 1. The van der Waals surface area contributed by atoms with E-state index in [4.69, 9.17) is 26.9 Å². The summed E-state index contributed by atoms with van der Waals surface area (Å²) in [6, 6.07) is -0.899. The Labute approximate surface area is 226 Å². The third kappa shape index (κ3) is 5.67. The van der Waals surface area contributed by atoms with E-state index in [9.17, 15) is 14.4 Å². The van der Waals surface area contributed by atoms with Gasteiger partial charge in [-0.3, -0.25) is 14.5 Å². The lowest BCUT2D eigenvalue weighted by Gasteiger charge is -2.49. The molecule has 36 heavy (non-hydrogen) atoms. The van der Waals surface area contributed by atoms with Crippen molar-refractivity contribution >= 4 is 86.4 Å². The Morgan fingerprint density at radius 1 is 1.44 bits per heavy atom. The van der Waals surface area contributed by atoms with Gasteiger partial charge in [0, 0.05) is 21.9 Å². The minimum absolute atomic E-state index is 0.123. The molecule has 4 rings (SSSR count). The molecule has 17 heteroatoms. The number of nitrogens with two attached hydrogens (primary N) is 1. The molecule has 12 nitrogen and oxygen atoms in total. The summed E-state index contributed by atoms with van der Waals surface area (Å²) < 4.78 is 5.98. The van der Waals surface area contributed by atoms with E-state index in [0.29, 0.717) is 17.1 Å². The molecule has 0 bridgehead atoms. The number of halogens is 1. The number of ether oxygens (including phenoxy) is 1. The highest BCUT2D eigenvalue weighted by molar-refractivity contribution is 8.01. The Kier molecular flexibility index (Phi) is 8.50. The van der Waals surface area contributed by atoms with Gasteiger partial charge >= 0.3 is 5.97 Å². The number of thiazole rings is 1. The lowest BCUT2D eigenvalue weighted by Crippen LogP contribution is -2.71. The SMILES string of the molecule is C=C(Cl)COC(=O)C1=C(CSc2nncs2)CS[C@@H]2C(NC(=O)/C(=N\OC)c3csc(N)n3)C(=O)N12. The quantitative estimate of drug-likeness (QED) is 0.137. The molecule has 0 aliphatic carbocycles. The van der Waals surface area contributed by atoms with Gasteiger partial charge in [-0.1, -0.05) is 46.4 Å². The number of nitrogen functional groups attached to an aromatic ring is 1. The fourth-order valence-corrected chi connectivity index (χ4v) is 6.85. The first-order chi connectivity index (χ1) is 17.3. The Bertz CT molecular complexity index is 1250. The largest absolute Gasteiger partial charge is 0.455 e. The topological polar surface area (TPSA) is 162 Å². The number of aromatic nitrogens is 3. The van der Waals surface area contributed by atoms with Crippen LogP contribution >= 0.6 is 57.8 Å². The van der Waals surface area contributed by atoms with E-state index in [1.54, 1.807) is 10.9 Å². The number of anilines is 1. The summed E-state index contributed by atoms with van der Waals surface area (Å²) in [6.45, 7) is 3.32. The zero-order valence-corrected chi connectivity index (χ0v) is 22.5. The standard InChI is InChI=1S/C19H18ClN7O5S4/c1-8(20)3-32-17(30)13-9(5-35-19-25-22-7-36-19)4-33-16-12(15(29)27(13)16)24-14(28)11(26-31-2)10-6-34-18(21)23-10/h6-7,12,16H,1,3-5H2,2H3,(H2,21,23)(H,24,28)/b26-11-/t12?,16-/m1/s1. The third-order valence-corrected chi connectivity index (χ3v) is 8.83. The van der Waals surface area contributed by atoms with Crippen molar-refractivity contribution < 1.29 is 24.0 Å². The zero-order chi connectivity index (χ0) is 25.8. The number of hydrogen-bond donors (Lipinski definition) is 2. The third-order valence-electron chi connectivity index (χ3n) is 4.76. The second kappa shape index (κ2) is 11.6. The number of nitrogens with one attached hydrogen (secondary N) is 1. The number of β-lactam (4-membered cyclic amide) rings is 1. The molecule has 190 valence electrons. The number of carbonyl (C=O) groups is 3. The summed E-state index contributed by atoms with van der Waals surface area (Å²) in [6.07, 6.45) is 0. The van der Waals surface area contributed by atoms with Crippen LogP contribution in [0.1, 0.15) is 5.69 Å². The highest BCUT2D eigenvalue weighted by atomic mass is 35.5. The van der Waals surface area contributed by atoms with Gasteiger partial charge in [0.25, 0.3) is 11.8 Å². The molecule has 2 aromatic rings. The van der Waals surface area contributed by atoms with Crippen molar-refractivity contribution in [3.8, 4) is 0 Å². The Morgan fingerprint density at radius 3 is 2.89 bits per heavy atom. The molecule has 1 saturated heterocycles. The van der Waals surface area contributed by atoms with Crippen molar-refractivity contribution in [1.29, 1.82) is 0 Å². The first-order valence-corrected chi connectivity index (χ1v) is 14.2. The number of thioether (sulfide) groups is 2. The van der Waals surface area contributed by atoms with Crippen LogP contribution in [0.5, 0.6) is 0 Å². The predicted molar refractivity (Wildman–Crippen MR) is 139 cm³/mol. The van der Waals surface area contributed by atoms with Crippen molar-refractivity contribution in [1.82, 2.24) is 25.4 Å². The lowest BCUT2D eigenvalue weighted by molar-refractivity contribution is -0.152. The van der Waals surface area contributed by atoms with Gasteiger partial charge in [0.2, 0.25) is 0 Å². The van der Waals surface area contributed by atoms with Crippen LogP contribution in [0.4, 0.5) is 5.13 Å². The first kappa shape index (κ1) is 26.4. The van der Waals surface area contributed by atoms with E-state index in [0.717, 1.165) is 15.7 Å². The molecular formula is C19H18ClN7O5S4. The van der Waals surface area contributed by atoms with E-state index in [2.05, 4.69) is 32.2 Å². The van der Waals surface area contributed by atoms with Crippen LogP contribution in [-0.4, -0.2) is 80.2 Å². The Balaban J connectivity index is 1.53. The van der Waals surface area contributed by atoms with Crippen molar-refractivity contribution in [3.63, 3.8) is 0 Å². The maximum Gasteiger partial charge on any atom is 0.355 e. The highest BCUT2D eigenvalue weighted by Crippen LogP contribution is 2.42. The summed E-state index contributed by atoms with van der Waals surface area (Å²) in [5.41, 5.74) is 8.19. The maximum atomic E-state index is 13.2. The van der Waals surface area contributed by atoms with Crippen LogP contribution in [0.25, 0.3) is 0 Å². The molecule has 2 aliphatic rings. The summed E-state index contributed by atoms with van der Waals surface area (Å²) in [5, 5.41) is 15.6. The molecule has 0 radical (unpaired) electrons. The van der Waals surface area contributed by atoms with E-state index in [-0.39, 0.29) is 33.9 Å². The van der Waals surface area contributed by atoms with E-state index in [1.165, 1.54) is 46.9 Å². The molecule has 2 aromatic heterocycles. The first-order valence-electron chi connectivity index (χ1n) is 9.99. The fourth-order valence-electron chi connectivity index (χ4n) is 3.27. The van der Waals surface area contributed by atoms with Gasteiger partial charge in [-0.05, 0) is 5.57 Å². The van der Waals surface area contributed by atoms with Crippen molar-refractivity contribution in [2.75, 3.05) is 31.0 Å². The molecule has 4 heterocycles. The molecule has 0 spiro atoms. The second-order valence-electron chi connectivity index (χ2n) is 7.09. The Hall–Kier alpha value is -2.66. The molecule has 2 atom stereocenters. The van der Waals surface area contributed by atoms with Gasteiger partial charge in [0.15, 0.2) is 15.2 Å². The van der Waals surface area contributed by atoms with Gasteiger partial charge < -0.3 is 20.6 Å². The van der Waals surface area contributed by atoms with Crippen molar-refractivity contribution in [2.24, 2.45) is 5.16 Å². The van der Waals surface area contributed by atoms with Crippen molar-refractivity contribution in [3.05, 3.63) is 39.5 Å². The van der Waals surface area contributed by atoms with Crippen LogP contribution in [0.3, 0.4) is 0 Å². The summed E-state index contributed by atoms with van der Waals surface area (Å²) in [5.74, 6) is -0.999. The van der Waals surface area contributed by atoms with Crippen LogP contribution < -0.4 is 11.1 Å². The predicted octanol–water partition coefficient (Wildman–Crippen LogP) is 1.67. The number of hydrogen-bond acceptors (Lipinski definition) is 14. The molecular weight excluding hydrogens is 570 g/mol. The number of oxime groups is 1. The Morgan fingerprint density at radius 2 is 2.25 bits per heavy atom. The summed E-state index contributed by atoms with van der Waals surface area (Å²) in [7, 11) is 1.29. The van der Waals surface area contributed by atoms with Crippen molar-refractivity contribution in [2.45, 2.75) is 15.8 Å². The van der Waals surface area contributed by atoms with Crippen LogP contribution in [0.2, 0.25) is 0 Å². The van der Waals surface area contributed by atoms with E-state index >= 15 is 0 Å². The second-order valence-corrected chi connectivity index (χ2v) is 11.7. The minimum atomic E-state index is -0.899. The number of rotatable bonds is 10. The number of esters is 1. The number of carbonyl (C=O) groups excluding carboxylic acids is 3. The van der Waals surface area contributed by atoms with Gasteiger partial charge in [-0.25, -0.2) is 9.78 Å². The van der Waals surface area contributed by atoms with Crippen LogP contribution in [-0.2, 0) is 24.0 Å². The maximum absolute atomic E-state index is 13.2. The number of amides is 2. The number of nitrogens with zero attached hydrogens (tertiary/aromatic N) is 5. The summed E-state index contributed by atoms with van der Waals surface area (Å²) >= 11 is 11.1. The minimum Gasteiger partial charge on any atom is -0.455 e. The van der Waals surface area contributed by atoms with Gasteiger partial charge in [0.05, 0.1) is 0 Å². The normalized spacial score (nSPS) is 19.4. The molecule has 1 unspecified atom stereocenters. The monoisotopic (exact) mass is 587 g/mol. The van der Waals surface area contributed by atoms with E-state index < -0.39 is 29.2 Å². The van der Waals surface area contributed by atoms with E-state index in [1.807, 2.05) is 0 Å². The van der Waals surface area contributed by atoms with Gasteiger partial charge in [-0.15, -0.1) is 33.3 Å². The fraction of sp³-hybridized carbons (Fsp3) is 0.316. The molecule has 0 saturated carbocycles.